The summed E-state index contributed by atoms with van der Waals surface area (Å²) in [4.78, 5) is 43.8. The summed E-state index contributed by atoms with van der Waals surface area (Å²) < 4.78 is 0. The highest BCUT2D eigenvalue weighted by Crippen LogP contribution is 2.29. The molecule has 1 rings (SSSR count). The average Bonchev–Trinajstić information content (AvgIpc) is 2.14. The fraction of sp³-hybridized carbons (Fsp3) is 0. The standard InChI is InChI=1S/C8H2Cl2O6/c9-3-1(7(13)14)5(11)4(10)2(6(3)12)8(15)16/h(H,13,14)(H,15,16). The summed E-state index contributed by atoms with van der Waals surface area (Å²) in [7, 11) is 0. The maximum atomic E-state index is 11.3. The zero-order valence-electron chi connectivity index (χ0n) is 7.28. The van der Waals surface area contributed by atoms with Gasteiger partial charge in [-0.2, -0.15) is 0 Å². The van der Waals surface area contributed by atoms with Crippen molar-refractivity contribution < 1.29 is 29.4 Å². The van der Waals surface area contributed by atoms with E-state index in [1.165, 1.54) is 0 Å². The van der Waals surface area contributed by atoms with Gasteiger partial charge in [0.25, 0.3) is 0 Å². The Balaban J connectivity index is 3.49. The van der Waals surface area contributed by atoms with Gasteiger partial charge in [-0.15, -0.1) is 0 Å². The van der Waals surface area contributed by atoms with Gasteiger partial charge >= 0.3 is 11.9 Å². The summed E-state index contributed by atoms with van der Waals surface area (Å²) >= 11 is 10.6. The van der Waals surface area contributed by atoms with E-state index in [9.17, 15) is 19.2 Å². The molecule has 0 saturated carbocycles. The molecule has 16 heavy (non-hydrogen) atoms. The van der Waals surface area contributed by atoms with Gasteiger partial charge < -0.3 is 10.2 Å². The Morgan fingerprint density at radius 3 is 1.25 bits per heavy atom. The highest BCUT2D eigenvalue weighted by atomic mass is 35.5. The number of halogens is 2. The maximum Gasteiger partial charge on any atom is 0.341 e. The van der Waals surface area contributed by atoms with Crippen LogP contribution in [0.15, 0.2) is 21.2 Å². The van der Waals surface area contributed by atoms with Crippen LogP contribution < -0.4 is 0 Å². The molecule has 0 saturated heterocycles. The lowest BCUT2D eigenvalue weighted by Crippen LogP contribution is -2.27. The van der Waals surface area contributed by atoms with E-state index in [2.05, 4.69) is 0 Å². The first kappa shape index (κ1) is 12.4. The van der Waals surface area contributed by atoms with Crippen LogP contribution in [-0.2, 0) is 19.2 Å². The molecule has 0 atom stereocenters. The fourth-order valence-corrected chi connectivity index (χ4v) is 1.55. The van der Waals surface area contributed by atoms with Gasteiger partial charge in [-0.25, -0.2) is 9.59 Å². The number of rotatable bonds is 2. The minimum absolute atomic E-state index is 0.959. The molecule has 6 nitrogen and oxygen atoms in total. The van der Waals surface area contributed by atoms with Crippen LogP contribution in [0.2, 0.25) is 0 Å². The number of carbonyl (C=O) groups excluding carboxylic acids is 2. The van der Waals surface area contributed by atoms with Crippen molar-refractivity contribution in [3.05, 3.63) is 21.2 Å². The van der Waals surface area contributed by atoms with Crippen molar-refractivity contribution in [2.75, 3.05) is 0 Å². The number of carbonyl (C=O) groups is 4. The zero-order chi connectivity index (χ0) is 12.6. The average molecular weight is 265 g/mol. The van der Waals surface area contributed by atoms with E-state index in [0.717, 1.165) is 0 Å². The third-order valence-corrected chi connectivity index (χ3v) is 2.44. The number of hydrogen-bond donors (Lipinski definition) is 2. The van der Waals surface area contributed by atoms with E-state index in [-0.39, 0.29) is 0 Å². The first-order valence-corrected chi connectivity index (χ1v) is 4.40. The summed E-state index contributed by atoms with van der Waals surface area (Å²) in [6.07, 6.45) is 0. The Kier molecular flexibility index (Phi) is 3.16. The third kappa shape index (κ3) is 1.72. The summed E-state index contributed by atoms with van der Waals surface area (Å²) in [5.74, 6) is -6.08. The van der Waals surface area contributed by atoms with Crippen LogP contribution in [0.1, 0.15) is 0 Å². The summed E-state index contributed by atoms with van der Waals surface area (Å²) in [6, 6.07) is 0. The van der Waals surface area contributed by atoms with Crippen LogP contribution in [0.25, 0.3) is 0 Å². The van der Waals surface area contributed by atoms with Gasteiger partial charge in [-0.1, -0.05) is 23.2 Å². The molecule has 1 aliphatic carbocycles. The molecule has 0 heterocycles. The van der Waals surface area contributed by atoms with Crippen molar-refractivity contribution in [3.8, 4) is 0 Å². The van der Waals surface area contributed by atoms with Gasteiger partial charge in [0.1, 0.15) is 21.2 Å². The highest BCUT2D eigenvalue weighted by molar-refractivity contribution is 6.61. The van der Waals surface area contributed by atoms with Gasteiger partial charge in [0.05, 0.1) is 0 Å². The van der Waals surface area contributed by atoms with Crippen LogP contribution in [0.5, 0.6) is 0 Å². The van der Waals surface area contributed by atoms with Crippen LogP contribution in [0, 0.1) is 0 Å². The van der Waals surface area contributed by atoms with Crippen LogP contribution >= 0.6 is 23.2 Å². The summed E-state index contributed by atoms with van der Waals surface area (Å²) in [5, 5.41) is 15.3. The number of carboxylic acid groups (broad SMARTS) is 2. The molecule has 0 fully saturated rings. The SMILES string of the molecule is O=C(O)C1=C(Cl)C(=O)C(C(=O)O)=C(Cl)C1=O. The lowest BCUT2D eigenvalue weighted by atomic mass is 9.96. The predicted octanol–water partition coefficient (Wildman–Crippen LogP) is 0.293. The molecule has 0 aliphatic heterocycles. The van der Waals surface area contributed by atoms with E-state index in [1.807, 2.05) is 0 Å². The first-order chi connectivity index (χ1) is 7.29. The Morgan fingerprint density at radius 2 is 1.06 bits per heavy atom. The lowest BCUT2D eigenvalue weighted by molar-refractivity contribution is -0.137. The van der Waals surface area contributed by atoms with Crippen LogP contribution in [-0.4, -0.2) is 33.7 Å². The molecular weight excluding hydrogens is 263 g/mol. The Morgan fingerprint density at radius 1 is 0.812 bits per heavy atom. The number of hydrogen-bond acceptors (Lipinski definition) is 4. The van der Waals surface area contributed by atoms with Crippen LogP contribution in [0.3, 0.4) is 0 Å². The van der Waals surface area contributed by atoms with E-state index in [0.29, 0.717) is 0 Å². The lowest BCUT2D eigenvalue weighted by Gasteiger charge is -2.12. The molecule has 8 heteroatoms. The van der Waals surface area contributed by atoms with Crippen molar-refractivity contribution >= 4 is 46.7 Å². The molecule has 2 N–H and O–H groups in total. The molecule has 0 unspecified atom stereocenters. The predicted molar refractivity (Wildman–Crippen MR) is 51.0 cm³/mol. The zero-order valence-corrected chi connectivity index (χ0v) is 8.80. The minimum Gasteiger partial charge on any atom is -0.477 e. The highest BCUT2D eigenvalue weighted by Gasteiger charge is 2.39. The van der Waals surface area contributed by atoms with Gasteiger partial charge in [0.2, 0.25) is 11.6 Å². The molecule has 0 amide bonds. The molecule has 0 radical (unpaired) electrons. The first-order valence-electron chi connectivity index (χ1n) is 3.64. The topological polar surface area (TPSA) is 109 Å². The Labute approximate surface area is 97.7 Å². The maximum absolute atomic E-state index is 11.3. The molecular formula is C8H2Cl2O6. The monoisotopic (exact) mass is 264 g/mol. The van der Waals surface area contributed by atoms with Gasteiger partial charge in [0.15, 0.2) is 0 Å². The number of carboxylic acids is 2. The third-order valence-electron chi connectivity index (χ3n) is 1.72. The second-order valence-corrected chi connectivity index (χ2v) is 3.40. The van der Waals surface area contributed by atoms with Crippen LogP contribution in [0.4, 0.5) is 0 Å². The fourth-order valence-electron chi connectivity index (χ4n) is 1.03. The van der Waals surface area contributed by atoms with E-state index >= 15 is 0 Å². The molecule has 1 aliphatic rings. The second-order valence-electron chi connectivity index (χ2n) is 2.65. The second kappa shape index (κ2) is 4.07. The van der Waals surface area contributed by atoms with Crippen molar-refractivity contribution in [3.63, 3.8) is 0 Å². The van der Waals surface area contributed by atoms with Gasteiger partial charge in [-0.3, -0.25) is 9.59 Å². The molecule has 0 bridgehead atoms. The molecule has 0 aromatic rings. The van der Waals surface area contributed by atoms with Crippen molar-refractivity contribution in [2.24, 2.45) is 0 Å². The summed E-state index contributed by atoms with van der Waals surface area (Å²) in [5.41, 5.74) is -2.05. The normalized spacial score (nSPS) is 16.9. The molecule has 0 aromatic heterocycles. The number of allylic oxidation sites excluding steroid dienone is 2. The van der Waals surface area contributed by atoms with Crippen molar-refractivity contribution in [1.29, 1.82) is 0 Å². The van der Waals surface area contributed by atoms with E-state index < -0.39 is 44.7 Å². The van der Waals surface area contributed by atoms with E-state index in [1.54, 1.807) is 0 Å². The largest absolute Gasteiger partial charge is 0.477 e. The van der Waals surface area contributed by atoms with Crippen molar-refractivity contribution in [1.82, 2.24) is 0 Å². The molecule has 0 spiro atoms. The number of Topliss-reactive ketones (excluding diaryl/α,β-unsaturated/α-hetero) is 2. The minimum atomic E-state index is -1.74. The van der Waals surface area contributed by atoms with E-state index in [4.69, 9.17) is 33.4 Å². The Hall–Kier alpha value is -1.66. The molecule has 0 aromatic carbocycles. The number of aliphatic carboxylic acids is 2. The molecule has 84 valence electrons. The van der Waals surface area contributed by atoms with Gasteiger partial charge in [-0.05, 0) is 0 Å². The Bertz CT molecular complexity index is 453. The van der Waals surface area contributed by atoms with Gasteiger partial charge in [0, 0.05) is 0 Å². The quantitative estimate of drug-likeness (QED) is 0.548. The summed E-state index contributed by atoms with van der Waals surface area (Å²) in [6.45, 7) is 0. The smallest absolute Gasteiger partial charge is 0.341 e. The van der Waals surface area contributed by atoms with Crippen molar-refractivity contribution in [2.45, 2.75) is 0 Å². The number of ketones is 2.